The second kappa shape index (κ2) is 6.57. The lowest BCUT2D eigenvalue weighted by Gasteiger charge is -2.17. The number of carbonyl (C=O) groups excluding carboxylic acids is 1. The summed E-state index contributed by atoms with van der Waals surface area (Å²) in [5.41, 5.74) is 0.400. The van der Waals surface area contributed by atoms with Crippen molar-refractivity contribution in [1.82, 2.24) is 5.32 Å². The highest BCUT2D eigenvalue weighted by Crippen LogP contribution is 2.24. The molecular weight excluding hydrogens is 278 g/mol. The van der Waals surface area contributed by atoms with Crippen LogP contribution >= 0.6 is 11.6 Å². The van der Waals surface area contributed by atoms with Crippen molar-refractivity contribution in [3.63, 3.8) is 0 Å². The van der Waals surface area contributed by atoms with Crippen molar-refractivity contribution in [2.45, 2.75) is 25.3 Å². The van der Waals surface area contributed by atoms with Crippen LogP contribution in [0.1, 0.15) is 30.9 Å². The molecule has 2 rings (SSSR count). The number of nitrogens with one attached hydrogen (secondary N) is 1. The Morgan fingerprint density at radius 3 is 2.75 bits per heavy atom. The van der Waals surface area contributed by atoms with Gasteiger partial charge in [-0.25, -0.2) is 4.79 Å². The second-order valence-corrected chi connectivity index (χ2v) is 5.24. The summed E-state index contributed by atoms with van der Waals surface area (Å²) in [4.78, 5) is 23.3. The molecule has 2 atom stereocenters. The molecule has 0 radical (unpaired) electrons. The lowest BCUT2D eigenvalue weighted by molar-refractivity contribution is -0.142. The lowest BCUT2D eigenvalue weighted by Crippen LogP contribution is -2.34. The van der Waals surface area contributed by atoms with E-state index in [1.807, 2.05) is 12.2 Å². The van der Waals surface area contributed by atoms with Crippen molar-refractivity contribution >= 4 is 23.5 Å². The number of carboxylic acid groups (broad SMARTS) is 1. The van der Waals surface area contributed by atoms with E-state index in [0.29, 0.717) is 17.0 Å². The van der Waals surface area contributed by atoms with E-state index >= 15 is 0 Å². The molecule has 20 heavy (non-hydrogen) atoms. The molecule has 5 heteroatoms. The van der Waals surface area contributed by atoms with E-state index in [0.717, 1.165) is 12.8 Å². The zero-order valence-electron chi connectivity index (χ0n) is 10.9. The SMILES string of the molecule is O=C(CC1C=CCC1)N[C@@H](C(=O)O)c1ccccc1Cl. The van der Waals surface area contributed by atoms with Crippen LogP contribution < -0.4 is 5.32 Å². The Kier molecular flexibility index (Phi) is 4.79. The fraction of sp³-hybridized carbons (Fsp3) is 0.333. The molecule has 1 aromatic rings. The minimum Gasteiger partial charge on any atom is -0.479 e. The van der Waals surface area contributed by atoms with E-state index in [4.69, 9.17) is 11.6 Å². The molecule has 106 valence electrons. The lowest BCUT2D eigenvalue weighted by atomic mass is 10.0. The van der Waals surface area contributed by atoms with Crippen molar-refractivity contribution < 1.29 is 14.7 Å². The third kappa shape index (κ3) is 3.61. The molecule has 1 unspecified atom stereocenters. The quantitative estimate of drug-likeness (QED) is 0.820. The highest BCUT2D eigenvalue weighted by Gasteiger charge is 2.25. The molecule has 0 saturated heterocycles. The van der Waals surface area contributed by atoms with Gasteiger partial charge in [0.25, 0.3) is 0 Å². The summed E-state index contributed by atoms with van der Waals surface area (Å²) < 4.78 is 0. The third-order valence-electron chi connectivity index (χ3n) is 3.33. The fourth-order valence-corrected chi connectivity index (χ4v) is 2.55. The molecule has 1 aliphatic carbocycles. The zero-order valence-corrected chi connectivity index (χ0v) is 11.6. The minimum atomic E-state index is -1.12. The van der Waals surface area contributed by atoms with Gasteiger partial charge in [-0.05, 0) is 24.8 Å². The van der Waals surface area contributed by atoms with E-state index in [1.165, 1.54) is 0 Å². The molecule has 0 aliphatic heterocycles. The van der Waals surface area contributed by atoms with Gasteiger partial charge in [0.15, 0.2) is 6.04 Å². The highest BCUT2D eigenvalue weighted by molar-refractivity contribution is 6.31. The van der Waals surface area contributed by atoms with E-state index in [1.54, 1.807) is 24.3 Å². The Morgan fingerprint density at radius 1 is 1.40 bits per heavy atom. The summed E-state index contributed by atoms with van der Waals surface area (Å²) >= 11 is 5.99. The van der Waals surface area contributed by atoms with E-state index < -0.39 is 12.0 Å². The highest BCUT2D eigenvalue weighted by atomic mass is 35.5. The van der Waals surface area contributed by atoms with E-state index in [9.17, 15) is 14.7 Å². The van der Waals surface area contributed by atoms with Gasteiger partial charge in [0, 0.05) is 17.0 Å². The topological polar surface area (TPSA) is 66.4 Å². The van der Waals surface area contributed by atoms with Gasteiger partial charge < -0.3 is 10.4 Å². The Bertz CT molecular complexity index is 542. The molecule has 0 heterocycles. The number of amides is 1. The van der Waals surface area contributed by atoms with Gasteiger partial charge in [-0.3, -0.25) is 4.79 Å². The van der Waals surface area contributed by atoms with Crippen LogP contribution in [0, 0.1) is 5.92 Å². The number of hydrogen-bond donors (Lipinski definition) is 2. The number of allylic oxidation sites excluding steroid dienone is 2. The number of rotatable bonds is 5. The van der Waals surface area contributed by atoms with Gasteiger partial charge in [-0.15, -0.1) is 0 Å². The van der Waals surface area contributed by atoms with Crippen LogP contribution in [0.3, 0.4) is 0 Å². The summed E-state index contributed by atoms with van der Waals surface area (Å²) in [5, 5.41) is 12.2. The van der Waals surface area contributed by atoms with Gasteiger partial charge in [0.1, 0.15) is 0 Å². The Balaban J connectivity index is 2.06. The maximum absolute atomic E-state index is 11.9. The number of carboxylic acids is 1. The number of halogens is 1. The van der Waals surface area contributed by atoms with Crippen LogP contribution in [0.2, 0.25) is 5.02 Å². The molecular formula is C15H16ClNO3. The first-order chi connectivity index (χ1) is 9.58. The van der Waals surface area contributed by atoms with Gasteiger partial charge >= 0.3 is 5.97 Å². The van der Waals surface area contributed by atoms with Crippen LogP contribution in [-0.4, -0.2) is 17.0 Å². The largest absolute Gasteiger partial charge is 0.479 e. The minimum absolute atomic E-state index is 0.204. The first-order valence-corrected chi connectivity index (χ1v) is 6.89. The van der Waals surface area contributed by atoms with Crippen LogP contribution in [0.25, 0.3) is 0 Å². The molecule has 0 saturated carbocycles. The van der Waals surface area contributed by atoms with Gasteiger partial charge in [-0.2, -0.15) is 0 Å². The number of hydrogen-bond acceptors (Lipinski definition) is 2. The van der Waals surface area contributed by atoms with Crippen molar-refractivity contribution in [3.8, 4) is 0 Å². The molecule has 1 aromatic carbocycles. The van der Waals surface area contributed by atoms with Gasteiger partial charge in [0.2, 0.25) is 5.91 Å². The molecule has 0 fully saturated rings. The predicted molar refractivity (Wildman–Crippen MR) is 76.5 cm³/mol. The molecule has 1 amide bonds. The Hall–Kier alpha value is -1.81. The molecule has 1 aliphatic rings. The number of carbonyl (C=O) groups is 2. The summed E-state index contributed by atoms with van der Waals surface area (Å²) in [6, 6.07) is 5.52. The third-order valence-corrected chi connectivity index (χ3v) is 3.67. The van der Waals surface area contributed by atoms with Crippen molar-refractivity contribution in [3.05, 3.63) is 47.0 Å². The smallest absolute Gasteiger partial charge is 0.330 e. The van der Waals surface area contributed by atoms with Gasteiger partial charge in [0.05, 0.1) is 0 Å². The normalized spacial score (nSPS) is 18.8. The summed E-state index contributed by atoms with van der Waals surface area (Å²) in [6.45, 7) is 0. The maximum Gasteiger partial charge on any atom is 0.330 e. The molecule has 0 aromatic heterocycles. The average molecular weight is 294 g/mol. The monoisotopic (exact) mass is 293 g/mol. The van der Waals surface area contributed by atoms with E-state index in [2.05, 4.69) is 5.32 Å². The number of benzene rings is 1. The maximum atomic E-state index is 11.9. The first-order valence-electron chi connectivity index (χ1n) is 6.51. The molecule has 2 N–H and O–H groups in total. The van der Waals surface area contributed by atoms with Crippen LogP contribution in [-0.2, 0) is 9.59 Å². The van der Waals surface area contributed by atoms with E-state index in [-0.39, 0.29) is 11.8 Å². The zero-order chi connectivity index (χ0) is 14.5. The average Bonchev–Trinajstić information content (AvgIpc) is 2.89. The van der Waals surface area contributed by atoms with Crippen molar-refractivity contribution in [1.29, 1.82) is 0 Å². The van der Waals surface area contributed by atoms with Crippen LogP contribution in [0.4, 0.5) is 0 Å². The molecule has 0 bridgehead atoms. The summed E-state index contributed by atoms with van der Waals surface area (Å²) in [7, 11) is 0. The first kappa shape index (κ1) is 14.6. The molecule has 0 spiro atoms. The summed E-state index contributed by atoms with van der Waals surface area (Å²) in [6.07, 6.45) is 6.28. The Morgan fingerprint density at radius 2 is 2.15 bits per heavy atom. The fourth-order valence-electron chi connectivity index (χ4n) is 2.31. The van der Waals surface area contributed by atoms with Gasteiger partial charge in [-0.1, -0.05) is 42.0 Å². The summed E-state index contributed by atoms with van der Waals surface area (Å²) in [5.74, 6) is -1.18. The number of aliphatic carboxylic acids is 1. The van der Waals surface area contributed by atoms with Crippen molar-refractivity contribution in [2.24, 2.45) is 5.92 Å². The standard InChI is InChI=1S/C15H16ClNO3/c16-12-8-4-3-7-11(12)14(15(19)20)17-13(18)9-10-5-1-2-6-10/h1,3-5,7-8,10,14H,2,6,9H2,(H,17,18)(H,19,20)/t10?,14-/m1/s1. The predicted octanol–water partition coefficient (Wildman–Crippen LogP) is 2.94. The Labute approximate surface area is 122 Å². The second-order valence-electron chi connectivity index (χ2n) is 4.83. The van der Waals surface area contributed by atoms with Crippen LogP contribution in [0.15, 0.2) is 36.4 Å². The van der Waals surface area contributed by atoms with Crippen LogP contribution in [0.5, 0.6) is 0 Å². The van der Waals surface area contributed by atoms with Crippen molar-refractivity contribution in [2.75, 3.05) is 0 Å². The molecule has 4 nitrogen and oxygen atoms in total.